The minimum atomic E-state index is -3.34. The summed E-state index contributed by atoms with van der Waals surface area (Å²) in [4.78, 5) is 82.3. The number of carboxylic acids is 1. The number of nitrogens with zero attached hydrogens (tertiary/aromatic N) is 2. The van der Waals surface area contributed by atoms with Gasteiger partial charge >= 0.3 is 5.97 Å². The van der Waals surface area contributed by atoms with Crippen molar-refractivity contribution in [2.75, 3.05) is 21.1 Å². The van der Waals surface area contributed by atoms with Crippen LogP contribution in [-0.4, -0.2) is 121 Å². The summed E-state index contributed by atoms with van der Waals surface area (Å²) in [7, 11) is -1.09. The number of rotatable bonds is 16. The van der Waals surface area contributed by atoms with Crippen molar-refractivity contribution in [2.45, 2.75) is 95.7 Å². The van der Waals surface area contributed by atoms with Crippen LogP contribution in [0.1, 0.15) is 63.5 Å². The smallest absolute Gasteiger partial charge is 0.343 e. The van der Waals surface area contributed by atoms with Gasteiger partial charge in [-0.1, -0.05) is 27.2 Å². The highest BCUT2D eigenvalue weighted by molar-refractivity contribution is 6.30. The summed E-state index contributed by atoms with van der Waals surface area (Å²) in [5.41, 5.74) is -3.52. The lowest BCUT2D eigenvalue weighted by molar-refractivity contribution is -0.180. The zero-order chi connectivity index (χ0) is 32.0. The van der Waals surface area contributed by atoms with Crippen LogP contribution in [-0.2, 0) is 28.8 Å². The molecule has 1 unspecified atom stereocenters. The number of carbonyl (C=O) groups excluding carboxylic acids is 5. The second-order valence-corrected chi connectivity index (χ2v) is 9.78. The van der Waals surface area contributed by atoms with Gasteiger partial charge in [0.1, 0.15) is 12.2 Å². The Morgan fingerprint density at radius 2 is 1.45 bits per heavy atom. The summed E-state index contributed by atoms with van der Waals surface area (Å²) in [6.45, 7) is 6.75. The molecule has 1 amide bonds. The largest absolute Gasteiger partial charge is 0.479 e. The van der Waals surface area contributed by atoms with E-state index >= 15 is 0 Å². The highest BCUT2D eigenvalue weighted by atomic mass is 16.4. The molecule has 0 saturated carbocycles. The Kier molecular flexibility index (Phi) is 10.8. The number of carbonyl (C=O) groups is 6. The number of hydrogen-bond acceptors (Lipinski definition) is 11. The van der Waals surface area contributed by atoms with E-state index in [9.17, 15) is 49.2 Å². The van der Waals surface area contributed by atoms with Gasteiger partial charge in [-0.25, -0.2) is 4.79 Å². The lowest BCUT2D eigenvalue weighted by atomic mass is 9.62. The Labute approximate surface area is 225 Å². The zero-order valence-electron chi connectivity index (χ0n) is 25.1. The minimum absolute atomic E-state index is 0.0390. The first-order valence-corrected chi connectivity index (χ1v) is 12.1. The topological polar surface area (TPSA) is 216 Å². The maximum Gasteiger partial charge on any atom is 0.343 e. The Morgan fingerprint density at radius 1 is 0.947 bits per heavy atom. The first-order chi connectivity index (χ1) is 18.2. The molecular formula is C25H43N3O10. The summed E-state index contributed by atoms with van der Waals surface area (Å²) < 4.78 is 16.0. The number of aliphatic hydroxyl groups is 3. The molecule has 13 nitrogen and oxygen atoms in total. The molecular weight excluding hydrogens is 502 g/mol. The minimum Gasteiger partial charge on any atom is -0.479 e. The molecule has 0 saturated heterocycles. The van der Waals surface area contributed by atoms with Crippen molar-refractivity contribution in [1.82, 2.24) is 9.80 Å². The van der Waals surface area contributed by atoms with Gasteiger partial charge in [-0.15, -0.1) is 0 Å². The number of nitrogens with two attached hydrogens (primary N) is 1. The van der Waals surface area contributed by atoms with Crippen LogP contribution in [0.15, 0.2) is 0 Å². The Morgan fingerprint density at radius 3 is 1.79 bits per heavy atom. The van der Waals surface area contributed by atoms with E-state index in [1.807, 2.05) is 0 Å². The molecule has 0 aliphatic heterocycles. The number of aliphatic hydroxyl groups excluding tert-OH is 2. The van der Waals surface area contributed by atoms with Crippen LogP contribution < -0.4 is 5.73 Å². The molecule has 0 heterocycles. The molecule has 0 aromatic heterocycles. The number of carboxylic acid groups (broad SMARTS) is 1. The maximum absolute atomic E-state index is 15.0. The first-order valence-electron chi connectivity index (χ1n) is 13.5. The molecule has 218 valence electrons. The third-order valence-corrected chi connectivity index (χ3v) is 7.08. The number of amides is 1. The van der Waals surface area contributed by atoms with Crippen LogP contribution in [0.2, 0.25) is 0 Å². The van der Waals surface area contributed by atoms with Crippen molar-refractivity contribution < 1.29 is 51.9 Å². The van der Waals surface area contributed by atoms with Crippen molar-refractivity contribution in [1.29, 1.82) is 0 Å². The SMILES string of the molecule is [2H]CN(C[2H])[C@](CC(=O)C(N)CC)(C(=O)[C@H](C)O)C(=O)[C@@](C(=O)[C@](C)(O)C(=O)O)([C@@H](C)CC)N(C)C(=O)[C@H](C)O. The van der Waals surface area contributed by atoms with Crippen LogP contribution in [0.4, 0.5) is 0 Å². The number of ketones is 4. The average molecular weight is 548 g/mol. The van der Waals surface area contributed by atoms with E-state index in [0.29, 0.717) is 16.7 Å². The number of aliphatic carboxylic acids is 1. The van der Waals surface area contributed by atoms with Gasteiger partial charge in [0.05, 0.1) is 6.04 Å². The van der Waals surface area contributed by atoms with E-state index in [1.54, 1.807) is 0 Å². The highest BCUT2D eigenvalue weighted by Gasteiger charge is 2.68. The molecule has 0 aromatic carbocycles. The fraction of sp³-hybridized carbons (Fsp3) is 0.760. The molecule has 0 fully saturated rings. The van der Waals surface area contributed by atoms with Crippen molar-refractivity contribution >= 4 is 35.0 Å². The fourth-order valence-electron chi connectivity index (χ4n) is 4.37. The van der Waals surface area contributed by atoms with Gasteiger partial charge in [-0.3, -0.25) is 28.9 Å². The van der Waals surface area contributed by atoms with Gasteiger partial charge in [0.2, 0.25) is 11.4 Å². The molecule has 0 aliphatic carbocycles. The van der Waals surface area contributed by atoms with Crippen molar-refractivity contribution in [3.8, 4) is 0 Å². The number of hydrogen-bond donors (Lipinski definition) is 5. The predicted octanol–water partition coefficient (Wildman–Crippen LogP) is -1.47. The van der Waals surface area contributed by atoms with Crippen molar-refractivity contribution in [3.05, 3.63) is 0 Å². The van der Waals surface area contributed by atoms with Crippen LogP contribution in [0.25, 0.3) is 0 Å². The van der Waals surface area contributed by atoms with E-state index in [-0.39, 0.29) is 12.8 Å². The molecule has 0 radical (unpaired) electrons. The third kappa shape index (κ3) is 6.01. The molecule has 0 rings (SSSR count). The van der Waals surface area contributed by atoms with Crippen molar-refractivity contribution in [2.24, 2.45) is 11.7 Å². The molecule has 0 bridgehead atoms. The molecule has 13 heteroatoms. The molecule has 6 N–H and O–H groups in total. The molecule has 0 spiro atoms. The summed E-state index contributed by atoms with van der Waals surface area (Å²) in [6, 6.07) is -1.25. The lowest BCUT2D eigenvalue weighted by Gasteiger charge is -2.51. The Bertz CT molecular complexity index is 986. The van der Waals surface area contributed by atoms with E-state index < -0.39 is 96.3 Å². The summed E-state index contributed by atoms with van der Waals surface area (Å²) in [5, 5.41) is 41.0. The molecule has 0 aromatic rings. The summed E-state index contributed by atoms with van der Waals surface area (Å²) >= 11 is 0. The number of likely N-dealkylation sites (N-methyl/N-ethyl adjacent to an activating group) is 2. The molecule has 0 aliphatic rings. The van der Waals surface area contributed by atoms with Gasteiger partial charge in [-0.05, 0) is 47.2 Å². The third-order valence-electron chi connectivity index (χ3n) is 7.08. The summed E-state index contributed by atoms with van der Waals surface area (Å²) in [5.74, 6) is -10.5. The van der Waals surface area contributed by atoms with Crippen molar-refractivity contribution in [3.63, 3.8) is 0 Å². The van der Waals surface area contributed by atoms with Gasteiger partial charge < -0.3 is 31.1 Å². The monoisotopic (exact) mass is 547 g/mol. The van der Waals surface area contributed by atoms with Gasteiger partial charge in [0, 0.05) is 16.2 Å². The maximum atomic E-state index is 15.0. The normalized spacial score (nSPS) is 20.3. The van der Waals surface area contributed by atoms with Crippen LogP contribution >= 0.6 is 0 Å². The first kappa shape index (κ1) is 31.6. The quantitative estimate of drug-likeness (QED) is 0.140. The zero-order valence-corrected chi connectivity index (χ0v) is 23.1. The standard InChI is InChI=1S/C25H43N3O10/c1-10-13(3)25(28(9)19(33)15(5)30,20(34)23(6,38)22(36)37)21(35)24(27(7)8,18(32)14(4)29)12-17(31)16(26)11-2/h13-16,29-30,38H,10-12,26H2,1-9H3,(H,36,37)/t13-,14-,15-,16?,23-,24+,25-/m0/s1/i7D,8D. The fourth-order valence-corrected chi connectivity index (χ4v) is 4.37. The van der Waals surface area contributed by atoms with Crippen LogP contribution in [0.5, 0.6) is 0 Å². The van der Waals surface area contributed by atoms with Gasteiger partial charge in [-0.2, -0.15) is 0 Å². The van der Waals surface area contributed by atoms with Gasteiger partial charge in [0.15, 0.2) is 28.4 Å². The Hall–Kier alpha value is -2.58. The highest BCUT2D eigenvalue weighted by Crippen LogP contribution is 2.40. The van der Waals surface area contributed by atoms with Crippen LogP contribution in [0, 0.1) is 5.92 Å². The van der Waals surface area contributed by atoms with Gasteiger partial charge in [0.25, 0.3) is 5.91 Å². The van der Waals surface area contributed by atoms with E-state index in [0.717, 1.165) is 20.9 Å². The second-order valence-electron chi connectivity index (χ2n) is 9.78. The van der Waals surface area contributed by atoms with Crippen LogP contribution in [0.3, 0.4) is 0 Å². The van der Waals surface area contributed by atoms with E-state index in [2.05, 4.69) is 0 Å². The second kappa shape index (κ2) is 13.0. The molecule has 7 atom stereocenters. The Balaban J connectivity index is 8.40. The lowest BCUT2D eigenvalue weighted by Crippen LogP contribution is -2.78. The predicted molar refractivity (Wildman–Crippen MR) is 136 cm³/mol. The average Bonchev–Trinajstić information content (AvgIpc) is 2.90. The summed E-state index contributed by atoms with van der Waals surface area (Å²) in [6.07, 6.45) is -5.12. The van der Waals surface area contributed by atoms with E-state index in [1.165, 1.54) is 20.8 Å². The number of Topliss-reactive ketones (excluding diaryl/α,β-unsaturated/α-hetero) is 4. The molecule has 38 heavy (non-hydrogen) atoms. The van der Waals surface area contributed by atoms with E-state index in [4.69, 9.17) is 8.48 Å².